The Bertz CT molecular complexity index is 433. The second kappa shape index (κ2) is 6.72. The van der Waals surface area contributed by atoms with E-state index in [1.165, 1.54) is 44.1 Å². The average Bonchev–Trinajstić information content (AvgIpc) is 2.54. The maximum Gasteiger partial charge on any atom is 0.0793 e. The zero-order valence-corrected chi connectivity index (χ0v) is 14.3. The molecule has 0 spiro atoms. The van der Waals surface area contributed by atoms with Crippen molar-refractivity contribution in [3.8, 4) is 0 Å². The maximum atomic E-state index is 5.75. The molecule has 5 rings (SSSR count). The van der Waals surface area contributed by atoms with E-state index in [1.54, 1.807) is 7.11 Å². The summed E-state index contributed by atoms with van der Waals surface area (Å²) in [6.07, 6.45) is 8.87. The first-order valence-electron chi connectivity index (χ1n) is 8.77. The molecule has 1 unspecified atom stereocenters. The van der Waals surface area contributed by atoms with Crippen LogP contribution < -0.4 is 0 Å². The van der Waals surface area contributed by atoms with Crippen molar-refractivity contribution in [1.29, 1.82) is 0 Å². The summed E-state index contributed by atoms with van der Waals surface area (Å²) >= 11 is 0. The predicted octanol–water partition coefficient (Wildman–Crippen LogP) is 5.00. The van der Waals surface area contributed by atoms with Crippen molar-refractivity contribution in [1.82, 2.24) is 0 Å². The first-order valence-corrected chi connectivity index (χ1v) is 8.77. The zero-order chi connectivity index (χ0) is 15.6. The lowest BCUT2D eigenvalue weighted by molar-refractivity contribution is -0.145. The minimum atomic E-state index is 0.209. The van der Waals surface area contributed by atoms with E-state index < -0.39 is 0 Å². The minimum Gasteiger partial charge on any atom is -0.378 e. The zero-order valence-electron chi connectivity index (χ0n) is 14.3. The number of benzene rings is 1. The Hall–Kier alpha value is -0.860. The fraction of sp³-hybridized carbons (Fsp3) is 0.700. The van der Waals surface area contributed by atoms with E-state index in [-0.39, 0.29) is 6.10 Å². The highest BCUT2D eigenvalue weighted by Gasteiger charge is 2.51. The van der Waals surface area contributed by atoms with Gasteiger partial charge < -0.3 is 9.47 Å². The van der Waals surface area contributed by atoms with Gasteiger partial charge in [-0.3, -0.25) is 0 Å². The first-order chi connectivity index (χ1) is 10.6. The summed E-state index contributed by atoms with van der Waals surface area (Å²) in [4.78, 5) is 0. The van der Waals surface area contributed by atoms with Crippen LogP contribution in [0.3, 0.4) is 0 Å². The van der Waals surface area contributed by atoms with Crippen LogP contribution in [0.1, 0.15) is 57.1 Å². The minimum absolute atomic E-state index is 0.209. The van der Waals surface area contributed by atoms with E-state index in [2.05, 4.69) is 12.1 Å². The number of rotatable bonds is 3. The molecule has 0 amide bonds. The molecule has 0 N–H and O–H groups in total. The average molecular weight is 302 g/mol. The van der Waals surface area contributed by atoms with Crippen LogP contribution in [0.25, 0.3) is 0 Å². The van der Waals surface area contributed by atoms with Gasteiger partial charge in [0.15, 0.2) is 0 Å². The molecule has 4 saturated carbocycles. The van der Waals surface area contributed by atoms with Gasteiger partial charge in [-0.05, 0) is 68.8 Å². The van der Waals surface area contributed by atoms with Crippen molar-refractivity contribution in [2.24, 2.45) is 17.8 Å². The van der Waals surface area contributed by atoms with Crippen molar-refractivity contribution in [2.45, 2.75) is 57.2 Å². The van der Waals surface area contributed by atoms with Crippen molar-refractivity contribution < 1.29 is 9.47 Å². The summed E-state index contributed by atoms with van der Waals surface area (Å²) in [6.45, 7) is 2.04. The number of hydrogen-bond acceptors (Lipinski definition) is 2. The van der Waals surface area contributed by atoms with E-state index in [0.29, 0.717) is 5.60 Å². The summed E-state index contributed by atoms with van der Waals surface area (Å²) in [7, 11) is 3.64. The number of methoxy groups -OCH3 is 2. The third-order valence-electron chi connectivity index (χ3n) is 6.04. The van der Waals surface area contributed by atoms with Crippen molar-refractivity contribution >= 4 is 0 Å². The quantitative estimate of drug-likeness (QED) is 0.782. The molecule has 4 fully saturated rings. The van der Waals surface area contributed by atoms with Crippen LogP contribution in [-0.4, -0.2) is 19.8 Å². The molecule has 1 aromatic carbocycles. The van der Waals surface area contributed by atoms with E-state index in [1.807, 2.05) is 32.2 Å². The Labute approximate surface area is 135 Å². The summed E-state index contributed by atoms with van der Waals surface area (Å²) in [5, 5.41) is 0. The Balaban J connectivity index is 0.000000134. The first kappa shape index (κ1) is 16.0. The molecule has 0 aromatic heterocycles. The van der Waals surface area contributed by atoms with Crippen molar-refractivity contribution in [3.63, 3.8) is 0 Å². The van der Waals surface area contributed by atoms with Gasteiger partial charge in [0, 0.05) is 14.2 Å². The third kappa shape index (κ3) is 3.38. The Morgan fingerprint density at radius 2 is 1.41 bits per heavy atom. The van der Waals surface area contributed by atoms with Gasteiger partial charge in [-0.15, -0.1) is 0 Å². The fourth-order valence-corrected chi connectivity index (χ4v) is 5.14. The molecule has 0 saturated heterocycles. The van der Waals surface area contributed by atoms with Crippen molar-refractivity contribution in [3.05, 3.63) is 35.9 Å². The maximum absolute atomic E-state index is 5.75. The van der Waals surface area contributed by atoms with Crippen LogP contribution in [-0.2, 0) is 9.47 Å². The summed E-state index contributed by atoms with van der Waals surface area (Å²) in [5.41, 5.74) is 1.57. The van der Waals surface area contributed by atoms with E-state index >= 15 is 0 Å². The fourth-order valence-electron chi connectivity index (χ4n) is 5.14. The van der Waals surface area contributed by atoms with Gasteiger partial charge in [0.05, 0.1) is 11.7 Å². The van der Waals surface area contributed by atoms with Gasteiger partial charge in [-0.25, -0.2) is 0 Å². The van der Waals surface area contributed by atoms with Gasteiger partial charge in [0.2, 0.25) is 0 Å². The number of ether oxygens (including phenoxy) is 2. The smallest absolute Gasteiger partial charge is 0.0793 e. The van der Waals surface area contributed by atoms with Crippen LogP contribution in [0.5, 0.6) is 0 Å². The lowest BCUT2D eigenvalue weighted by Crippen LogP contribution is -2.51. The van der Waals surface area contributed by atoms with E-state index in [0.717, 1.165) is 17.8 Å². The SMILES string of the molecule is COC(C)c1ccccc1.COC12CC3CC(CC(C3)C1)C2. The standard InChI is InChI=1S/C11H18O.C9H12O/c1-12-11-5-8-2-9(6-11)4-10(3-8)7-11;1-8(10-2)9-6-4-3-5-7-9/h8-10H,2-7H2,1H3;3-8H,1-2H3. The second-order valence-electron chi connectivity index (χ2n) is 7.59. The lowest BCUT2D eigenvalue weighted by atomic mass is 9.54. The molecule has 1 aromatic rings. The molecule has 1 atom stereocenters. The molecule has 2 heteroatoms. The van der Waals surface area contributed by atoms with Gasteiger partial charge in [0.25, 0.3) is 0 Å². The molecule has 0 heterocycles. The molecule has 4 aliphatic rings. The van der Waals surface area contributed by atoms with Crippen LogP contribution in [0.4, 0.5) is 0 Å². The Kier molecular flexibility index (Phi) is 4.89. The highest BCUT2D eigenvalue weighted by Crippen LogP contribution is 2.56. The Morgan fingerprint density at radius 1 is 0.909 bits per heavy atom. The molecule has 0 aliphatic heterocycles. The Morgan fingerprint density at radius 3 is 1.82 bits per heavy atom. The monoisotopic (exact) mass is 302 g/mol. The molecule has 122 valence electrons. The second-order valence-corrected chi connectivity index (χ2v) is 7.59. The third-order valence-corrected chi connectivity index (χ3v) is 6.04. The van der Waals surface area contributed by atoms with Crippen LogP contribution >= 0.6 is 0 Å². The summed E-state index contributed by atoms with van der Waals surface area (Å²) in [6, 6.07) is 10.2. The van der Waals surface area contributed by atoms with Crippen molar-refractivity contribution in [2.75, 3.05) is 14.2 Å². The lowest BCUT2D eigenvalue weighted by Gasteiger charge is -2.55. The van der Waals surface area contributed by atoms with E-state index in [4.69, 9.17) is 9.47 Å². The highest BCUT2D eigenvalue weighted by molar-refractivity contribution is 5.16. The normalized spacial score (nSPS) is 36.6. The topological polar surface area (TPSA) is 18.5 Å². The van der Waals surface area contributed by atoms with Crippen LogP contribution in [0.15, 0.2) is 30.3 Å². The molecule has 2 nitrogen and oxygen atoms in total. The summed E-state index contributed by atoms with van der Waals surface area (Å²) < 4.78 is 10.9. The van der Waals surface area contributed by atoms with Gasteiger partial charge in [-0.1, -0.05) is 30.3 Å². The van der Waals surface area contributed by atoms with Gasteiger partial charge in [-0.2, -0.15) is 0 Å². The summed E-state index contributed by atoms with van der Waals surface area (Å²) in [5.74, 6) is 3.07. The largest absolute Gasteiger partial charge is 0.378 e. The number of hydrogen-bond donors (Lipinski definition) is 0. The molecule has 4 aliphatic carbocycles. The molecule has 0 radical (unpaired) electrons. The molecule has 4 bridgehead atoms. The van der Waals surface area contributed by atoms with E-state index in [9.17, 15) is 0 Å². The highest BCUT2D eigenvalue weighted by atomic mass is 16.5. The van der Waals surface area contributed by atoms with Gasteiger partial charge >= 0.3 is 0 Å². The van der Waals surface area contributed by atoms with Crippen LogP contribution in [0, 0.1) is 17.8 Å². The molecular formula is C20H30O2. The predicted molar refractivity (Wildman–Crippen MR) is 89.8 cm³/mol. The van der Waals surface area contributed by atoms with Gasteiger partial charge in [0.1, 0.15) is 0 Å². The van der Waals surface area contributed by atoms with Crippen LogP contribution in [0.2, 0.25) is 0 Å². The molecular weight excluding hydrogens is 272 g/mol. The molecule has 22 heavy (non-hydrogen) atoms.